The topological polar surface area (TPSA) is 27.1 Å². The van der Waals surface area contributed by atoms with Gasteiger partial charge in [-0.25, -0.2) is 9.37 Å². The molecule has 0 unspecified atom stereocenters. The number of rotatable bonds is 4. The van der Waals surface area contributed by atoms with Gasteiger partial charge in [0, 0.05) is 32.1 Å². The number of ether oxygens (including phenoxy) is 1. The molecule has 21 heavy (non-hydrogen) atoms. The van der Waals surface area contributed by atoms with Crippen molar-refractivity contribution in [3.8, 4) is 0 Å². The standard InChI is InChI=1S/C16H20ClFN2O/c1-16(5-8-21-9-6-16)11-20-14-10-12(18)2-3-13(14)19-15(20)4-7-17/h2-3,10H,4-9,11H2,1H3. The molecule has 1 aromatic carbocycles. The number of imidazole rings is 1. The summed E-state index contributed by atoms with van der Waals surface area (Å²) in [4.78, 5) is 4.62. The van der Waals surface area contributed by atoms with Crippen molar-refractivity contribution >= 4 is 22.6 Å². The lowest BCUT2D eigenvalue weighted by molar-refractivity contribution is 0.0157. The molecule has 0 amide bonds. The summed E-state index contributed by atoms with van der Waals surface area (Å²) in [5, 5.41) is 0. The number of alkyl halides is 1. The van der Waals surface area contributed by atoms with E-state index in [0.717, 1.165) is 49.5 Å². The van der Waals surface area contributed by atoms with E-state index in [1.807, 2.05) is 0 Å². The van der Waals surface area contributed by atoms with Crippen LogP contribution in [0.5, 0.6) is 0 Å². The highest BCUT2D eigenvalue weighted by molar-refractivity contribution is 6.17. The van der Waals surface area contributed by atoms with Crippen LogP contribution in [0.1, 0.15) is 25.6 Å². The lowest BCUT2D eigenvalue weighted by Gasteiger charge is -2.34. The molecule has 0 N–H and O–H groups in total. The lowest BCUT2D eigenvalue weighted by Crippen LogP contribution is -2.31. The molecule has 0 aliphatic carbocycles. The zero-order valence-corrected chi connectivity index (χ0v) is 13.0. The van der Waals surface area contributed by atoms with Gasteiger partial charge in [-0.3, -0.25) is 0 Å². The lowest BCUT2D eigenvalue weighted by atomic mass is 9.82. The number of nitrogens with zero attached hydrogens (tertiary/aromatic N) is 2. The molecule has 3 rings (SSSR count). The number of fused-ring (bicyclic) bond motifs is 1. The Bertz CT molecular complexity index is 634. The Labute approximate surface area is 129 Å². The highest BCUT2D eigenvalue weighted by Gasteiger charge is 2.29. The van der Waals surface area contributed by atoms with Crippen molar-refractivity contribution in [2.45, 2.75) is 32.7 Å². The predicted octanol–water partition coefficient (Wildman–Crippen LogP) is 3.77. The fourth-order valence-electron chi connectivity index (χ4n) is 3.00. The Hall–Kier alpha value is -1.13. The molecule has 1 aliphatic rings. The van der Waals surface area contributed by atoms with Crippen molar-refractivity contribution < 1.29 is 9.13 Å². The summed E-state index contributed by atoms with van der Waals surface area (Å²) in [7, 11) is 0. The van der Waals surface area contributed by atoms with Gasteiger partial charge in [-0.1, -0.05) is 6.92 Å². The summed E-state index contributed by atoms with van der Waals surface area (Å²) < 4.78 is 21.2. The van der Waals surface area contributed by atoms with E-state index in [1.54, 1.807) is 12.1 Å². The van der Waals surface area contributed by atoms with Crippen LogP contribution in [-0.4, -0.2) is 28.6 Å². The summed E-state index contributed by atoms with van der Waals surface area (Å²) in [5.41, 5.74) is 1.87. The number of hydrogen-bond acceptors (Lipinski definition) is 2. The van der Waals surface area contributed by atoms with E-state index in [9.17, 15) is 4.39 Å². The van der Waals surface area contributed by atoms with Gasteiger partial charge in [0.05, 0.1) is 11.0 Å². The van der Waals surface area contributed by atoms with Gasteiger partial charge >= 0.3 is 0 Å². The third-order valence-electron chi connectivity index (χ3n) is 4.35. The molecule has 2 heterocycles. The van der Waals surface area contributed by atoms with Gasteiger partial charge in [0.2, 0.25) is 0 Å². The van der Waals surface area contributed by atoms with Crippen LogP contribution in [0.3, 0.4) is 0 Å². The van der Waals surface area contributed by atoms with Gasteiger partial charge in [-0.05, 0) is 36.5 Å². The predicted molar refractivity (Wildman–Crippen MR) is 82.3 cm³/mol. The van der Waals surface area contributed by atoms with Crippen LogP contribution in [0.2, 0.25) is 0 Å². The molecular formula is C16H20ClFN2O. The normalized spacial score (nSPS) is 18.2. The third kappa shape index (κ3) is 3.06. The Morgan fingerprint density at radius 2 is 2.14 bits per heavy atom. The molecule has 1 aromatic heterocycles. The van der Waals surface area contributed by atoms with Crippen LogP contribution in [0, 0.1) is 11.2 Å². The maximum Gasteiger partial charge on any atom is 0.125 e. The van der Waals surface area contributed by atoms with Gasteiger partial charge in [-0.15, -0.1) is 11.6 Å². The fourth-order valence-corrected chi connectivity index (χ4v) is 3.17. The van der Waals surface area contributed by atoms with E-state index in [-0.39, 0.29) is 11.2 Å². The summed E-state index contributed by atoms with van der Waals surface area (Å²) in [6.07, 6.45) is 2.73. The van der Waals surface area contributed by atoms with Crippen LogP contribution in [-0.2, 0) is 17.7 Å². The first-order valence-corrected chi connectivity index (χ1v) is 7.93. The first kappa shape index (κ1) is 14.8. The van der Waals surface area contributed by atoms with E-state index >= 15 is 0 Å². The average molecular weight is 311 g/mol. The van der Waals surface area contributed by atoms with Gasteiger partial charge in [0.25, 0.3) is 0 Å². The molecule has 0 atom stereocenters. The number of hydrogen-bond donors (Lipinski definition) is 0. The Morgan fingerprint density at radius 3 is 2.86 bits per heavy atom. The van der Waals surface area contributed by atoms with E-state index in [1.165, 1.54) is 6.07 Å². The first-order chi connectivity index (χ1) is 10.1. The molecule has 5 heteroatoms. The van der Waals surface area contributed by atoms with Crippen LogP contribution >= 0.6 is 11.6 Å². The van der Waals surface area contributed by atoms with Gasteiger partial charge < -0.3 is 9.30 Å². The average Bonchev–Trinajstić information content (AvgIpc) is 2.77. The molecule has 2 aromatic rings. The molecule has 114 valence electrons. The van der Waals surface area contributed by atoms with Gasteiger partial charge in [0.15, 0.2) is 0 Å². The first-order valence-electron chi connectivity index (χ1n) is 7.40. The van der Waals surface area contributed by atoms with E-state index in [2.05, 4.69) is 16.5 Å². The van der Waals surface area contributed by atoms with E-state index in [4.69, 9.17) is 16.3 Å². The second-order valence-electron chi connectivity index (χ2n) is 6.11. The minimum atomic E-state index is -0.224. The smallest absolute Gasteiger partial charge is 0.125 e. The largest absolute Gasteiger partial charge is 0.381 e. The highest BCUT2D eigenvalue weighted by Crippen LogP contribution is 2.33. The molecule has 0 radical (unpaired) electrons. The Morgan fingerprint density at radius 1 is 1.38 bits per heavy atom. The Kier molecular flexibility index (Phi) is 4.18. The zero-order valence-electron chi connectivity index (χ0n) is 12.2. The van der Waals surface area contributed by atoms with E-state index in [0.29, 0.717) is 12.3 Å². The monoisotopic (exact) mass is 310 g/mol. The van der Waals surface area contributed by atoms with Crippen LogP contribution in [0.15, 0.2) is 18.2 Å². The molecule has 1 saturated heterocycles. The number of halogens is 2. The molecule has 0 bridgehead atoms. The maximum absolute atomic E-state index is 13.6. The molecule has 1 aliphatic heterocycles. The molecule has 0 spiro atoms. The van der Waals surface area contributed by atoms with Crippen molar-refractivity contribution in [3.05, 3.63) is 29.8 Å². The summed E-state index contributed by atoms with van der Waals surface area (Å²) in [6.45, 7) is 4.69. The van der Waals surface area contributed by atoms with Crippen molar-refractivity contribution in [1.29, 1.82) is 0 Å². The summed E-state index contributed by atoms with van der Waals surface area (Å²) in [6, 6.07) is 4.77. The fraction of sp³-hybridized carbons (Fsp3) is 0.562. The van der Waals surface area contributed by atoms with Crippen LogP contribution in [0.25, 0.3) is 11.0 Å². The summed E-state index contributed by atoms with van der Waals surface area (Å²) >= 11 is 5.90. The van der Waals surface area contributed by atoms with E-state index < -0.39 is 0 Å². The summed E-state index contributed by atoms with van der Waals surface area (Å²) in [5.74, 6) is 1.24. The second kappa shape index (κ2) is 5.93. The molecular weight excluding hydrogens is 291 g/mol. The van der Waals surface area contributed by atoms with Crippen LogP contribution in [0.4, 0.5) is 4.39 Å². The van der Waals surface area contributed by atoms with Crippen molar-refractivity contribution in [2.75, 3.05) is 19.1 Å². The molecule has 3 nitrogen and oxygen atoms in total. The molecule has 0 saturated carbocycles. The molecule has 1 fully saturated rings. The minimum Gasteiger partial charge on any atom is -0.381 e. The van der Waals surface area contributed by atoms with Gasteiger partial charge in [-0.2, -0.15) is 0 Å². The highest BCUT2D eigenvalue weighted by atomic mass is 35.5. The number of aromatic nitrogens is 2. The quantitative estimate of drug-likeness (QED) is 0.804. The van der Waals surface area contributed by atoms with Gasteiger partial charge in [0.1, 0.15) is 11.6 Å². The maximum atomic E-state index is 13.6. The number of aryl methyl sites for hydroxylation is 1. The van der Waals surface area contributed by atoms with Crippen molar-refractivity contribution in [3.63, 3.8) is 0 Å². The van der Waals surface area contributed by atoms with Crippen molar-refractivity contribution in [1.82, 2.24) is 9.55 Å². The minimum absolute atomic E-state index is 0.166. The zero-order chi connectivity index (χ0) is 14.9. The Balaban J connectivity index is 2.01. The SMILES string of the molecule is CC1(Cn2c(CCCl)nc3ccc(F)cc32)CCOCC1. The third-order valence-corrected chi connectivity index (χ3v) is 4.54. The van der Waals surface area contributed by atoms with Crippen LogP contribution < -0.4 is 0 Å². The second-order valence-corrected chi connectivity index (χ2v) is 6.49. The van der Waals surface area contributed by atoms with Crippen molar-refractivity contribution in [2.24, 2.45) is 5.41 Å². The number of benzene rings is 1.